The molecular formula is C14H23BrN2O2. The van der Waals surface area contributed by atoms with Crippen LogP contribution in [0.1, 0.15) is 18.5 Å². The Morgan fingerprint density at radius 2 is 1.79 bits per heavy atom. The molecule has 0 unspecified atom stereocenters. The van der Waals surface area contributed by atoms with Gasteiger partial charge in [0.1, 0.15) is 0 Å². The molecule has 0 aliphatic rings. The molecule has 2 N–H and O–H groups in total. The van der Waals surface area contributed by atoms with Crippen molar-refractivity contribution in [1.82, 2.24) is 0 Å². The zero-order valence-electron chi connectivity index (χ0n) is 11.9. The summed E-state index contributed by atoms with van der Waals surface area (Å²) in [7, 11) is 3.42. The molecule has 0 amide bonds. The van der Waals surface area contributed by atoms with Gasteiger partial charge in [0, 0.05) is 43.5 Å². The fraction of sp³-hybridized carbons (Fsp3) is 0.571. The van der Waals surface area contributed by atoms with Crippen molar-refractivity contribution in [1.29, 1.82) is 0 Å². The first kappa shape index (κ1) is 16.4. The van der Waals surface area contributed by atoms with Crippen LogP contribution < -0.4 is 10.6 Å². The van der Waals surface area contributed by atoms with E-state index in [4.69, 9.17) is 15.2 Å². The summed E-state index contributed by atoms with van der Waals surface area (Å²) in [5, 5.41) is 0. The minimum absolute atomic E-state index is 0.0230. The molecule has 0 fully saturated rings. The molecular weight excluding hydrogens is 308 g/mol. The van der Waals surface area contributed by atoms with E-state index in [1.807, 2.05) is 6.92 Å². The predicted octanol–water partition coefficient (Wildman–Crippen LogP) is 2.57. The van der Waals surface area contributed by atoms with Crippen molar-refractivity contribution in [3.63, 3.8) is 0 Å². The lowest BCUT2D eigenvalue weighted by atomic mass is 10.1. The number of methoxy groups -OCH3 is 2. The number of benzene rings is 1. The fourth-order valence-electron chi connectivity index (χ4n) is 1.85. The van der Waals surface area contributed by atoms with E-state index >= 15 is 0 Å². The number of ether oxygens (including phenoxy) is 2. The summed E-state index contributed by atoms with van der Waals surface area (Å²) in [5.74, 6) is 0. The summed E-state index contributed by atoms with van der Waals surface area (Å²) in [6, 6.07) is 6.28. The van der Waals surface area contributed by atoms with Crippen molar-refractivity contribution < 1.29 is 9.47 Å². The highest BCUT2D eigenvalue weighted by Crippen LogP contribution is 2.27. The maximum absolute atomic E-state index is 5.92. The molecule has 4 nitrogen and oxygen atoms in total. The topological polar surface area (TPSA) is 47.7 Å². The number of nitrogens with two attached hydrogens (primary N) is 1. The molecule has 1 rings (SSSR count). The molecule has 0 aliphatic carbocycles. The number of halogens is 1. The van der Waals surface area contributed by atoms with Crippen LogP contribution in [0.4, 0.5) is 5.69 Å². The van der Waals surface area contributed by atoms with Crippen molar-refractivity contribution in [2.75, 3.05) is 45.4 Å². The molecule has 5 heteroatoms. The number of rotatable bonds is 8. The number of anilines is 1. The summed E-state index contributed by atoms with van der Waals surface area (Å²) in [6.07, 6.45) is 0. The summed E-state index contributed by atoms with van der Waals surface area (Å²) in [6.45, 7) is 5.04. The number of hydrogen-bond donors (Lipinski definition) is 1. The van der Waals surface area contributed by atoms with Crippen molar-refractivity contribution in [2.45, 2.75) is 13.0 Å². The predicted molar refractivity (Wildman–Crippen MR) is 82.7 cm³/mol. The van der Waals surface area contributed by atoms with Crippen LogP contribution in [-0.2, 0) is 9.47 Å². The van der Waals surface area contributed by atoms with Gasteiger partial charge in [-0.1, -0.05) is 22.0 Å². The van der Waals surface area contributed by atoms with Gasteiger partial charge in [0.25, 0.3) is 0 Å². The minimum Gasteiger partial charge on any atom is -0.383 e. The van der Waals surface area contributed by atoms with Crippen LogP contribution in [-0.4, -0.2) is 40.5 Å². The third-order valence-electron chi connectivity index (χ3n) is 2.97. The molecule has 0 heterocycles. The zero-order valence-corrected chi connectivity index (χ0v) is 13.4. The van der Waals surface area contributed by atoms with Crippen molar-refractivity contribution in [3.8, 4) is 0 Å². The molecule has 0 bridgehead atoms. The Morgan fingerprint density at radius 1 is 1.21 bits per heavy atom. The molecule has 0 spiro atoms. The normalized spacial score (nSPS) is 12.5. The second-order valence-electron chi connectivity index (χ2n) is 4.47. The van der Waals surface area contributed by atoms with Crippen LogP contribution in [0.3, 0.4) is 0 Å². The largest absolute Gasteiger partial charge is 0.383 e. The number of hydrogen-bond acceptors (Lipinski definition) is 4. The lowest BCUT2D eigenvalue weighted by Crippen LogP contribution is -2.30. The van der Waals surface area contributed by atoms with Gasteiger partial charge in [-0.25, -0.2) is 0 Å². The summed E-state index contributed by atoms with van der Waals surface area (Å²) < 4.78 is 11.3. The SMILES string of the molecule is COCCN(CCOC)c1ccc([C@H](C)N)c(Br)c1. The molecule has 1 aromatic carbocycles. The smallest absolute Gasteiger partial charge is 0.0637 e. The Labute approximate surface area is 124 Å². The van der Waals surface area contributed by atoms with Crippen molar-refractivity contribution in [3.05, 3.63) is 28.2 Å². The third kappa shape index (κ3) is 5.10. The van der Waals surface area contributed by atoms with Gasteiger partial charge in [0.05, 0.1) is 13.2 Å². The Morgan fingerprint density at radius 3 is 2.21 bits per heavy atom. The third-order valence-corrected chi connectivity index (χ3v) is 3.66. The van der Waals surface area contributed by atoms with E-state index < -0.39 is 0 Å². The van der Waals surface area contributed by atoms with Crippen LogP contribution >= 0.6 is 15.9 Å². The minimum atomic E-state index is 0.0230. The first-order valence-electron chi connectivity index (χ1n) is 6.38. The first-order chi connectivity index (χ1) is 9.10. The van der Waals surface area contributed by atoms with Gasteiger partial charge in [0.2, 0.25) is 0 Å². The van der Waals surface area contributed by atoms with E-state index in [-0.39, 0.29) is 6.04 Å². The molecule has 1 aromatic rings. The van der Waals surface area contributed by atoms with Gasteiger partial charge in [-0.05, 0) is 24.6 Å². The maximum Gasteiger partial charge on any atom is 0.0637 e. The molecule has 0 saturated carbocycles. The quantitative estimate of drug-likeness (QED) is 0.795. The molecule has 108 valence electrons. The van der Waals surface area contributed by atoms with E-state index in [2.05, 4.69) is 39.0 Å². The van der Waals surface area contributed by atoms with Gasteiger partial charge in [0.15, 0.2) is 0 Å². The number of nitrogens with zero attached hydrogens (tertiary/aromatic N) is 1. The average Bonchev–Trinajstić information content (AvgIpc) is 2.38. The molecule has 19 heavy (non-hydrogen) atoms. The van der Waals surface area contributed by atoms with E-state index in [0.29, 0.717) is 13.2 Å². The van der Waals surface area contributed by atoms with E-state index in [1.165, 1.54) is 0 Å². The van der Waals surface area contributed by atoms with Gasteiger partial charge < -0.3 is 20.1 Å². The summed E-state index contributed by atoms with van der Waals surface area (Å²) in [5.41, 5.74) is 8.17. The fourth-order valence-corrected chi connectivity index (χ4v) is 2.58. The lowest BCUT2D eigenvalue weighted by molar-refractivity contribution is 0.190. The van der Waals surface area contributed by atoms with Crippen LogP contribution in [0.25, 0.3) is 0 Å². The monoisotopic (exact) mass is 330 g/mol. The van der Waals surface area contributed by atoms with E-state index in [1.54, 1.807) is 14.2 Å². The Bertz CT molecular complexity index is 378. The molecule has 0 aliphatic heterocycles. The maximum atomic E-state index is 5.92. The van der Waals surface area contributed by atoms with Gasteiger partial charge in [-0.3, -0.25) is 0 Å². The standard InChI is InChI=1S/C14H23BrN2O2/c1-11(16)13-5-4-12(10-14(13)15)17(6-8-18-2)7-9-19-3/h4-5,10-11H,6-9,16H2,1-3H3/t11-/m0/s1. The van der Waals surface area contributed by atoms with Crippen LogP contribution in [0.15, 0.2) is 22.7 Å². The van der Waals surface area contributed by atoms with Crippen LogP contribution in [0.2, 0.25) is 0 Å². The highest BCUT2D eigenvalue weighted by Gasteiger charge is 2.10. The Balaban J connectivity index is 2.85. The van der Waals surface area contributed by atoms with Gasteiger partial charge >= 0.3 is 0 Å². The van der Waals surface area contributed by atoms with Crippen molar-refractivity contribution in [2.24, 2.45) is 5.73 Å². The highest BCUT2D eigenvalue weighted by atomic mass is 79.9. The van der Waals surface area contributed by atoms with Crippen molar-refractivity contribution >= 4 is 21.6 Å². The summed E-state index contributed by atoms with van der Waals surface area (Å²) in [4.78, 5) is 2.24. The van der Waals surface area contributed by atoms with Gasteiger partial charge in [-0.2, -0.15) is 0 Å². The Hall–Kier alpha value is -0.620. The van der Waals surface area contributed by atoms with Gasteiger partial charge in [-0.15, -0.1) is 0 Å². The van der Waals surface area contributed by atoms with Crippen LogP contribution in [0, 0.1) is 0 Å². The van der Waals surface area contributed by atoms with E-state index in [9.17, 15) is 0 Å². The zero-order chi connectivity index (χ0) is 14.3. The Kier molecular flexibility index (Phi) is 7.38. The lowest BCUT2D eigenvalue weighted by Gasteiger charge is -2.25. The molecule has 1 atom stereocenters. The molecule has 0 saturated heterocycles. The molecule has 0 radical (unpaired) electrons. The second kappa shape index (κ2) is 8.53. The summed E-state index contributed by atoms with van der Waals surface area (Å²) >= 11 is 3.58. The second-order valence-corrected chi connectivity index (χ2v) is 5.32. The average molecular weight is 331 g/mol. The van der Waals surface area contributed by atoms with E-state index in [0.717, 1.165) is 28.8 Å². The molecule has 0 aromatic heterocycles. The van der Waals surface area contributed by atoms with Crippen LogP contribution in [0.5, 0.6) is 0 Å². The first-order valence-corrected chi connectivity index (χ1v) is 7.17. The highest BCUT2D eigenvalue weighted by molar-refractivity contribution is 9.10.